The van der Waals surface area contributed by atoms with Gasteiger partial charge < -0.3 is 10.5 Å². The average Bonchev–Trinajstić information content (AvgIpc) is 2.42. The first kappa shape index (κ1) is 14.4. The van der Waals surface area contributed by atoms with Crippen molar-refractivity contribution >= 4 is 27.7 Å². The molecule has 2 aromatic rings. The molecule has 0 aliphatic rings. The second-order valence-corrected chi connectivity index (χ2v) is 5.52. The molecule has 0 aliphatic carbocycles. The van der Waals surface area contributed by atoms with Crippen molar-refractivity contribution in [2.75, 3.05) is 6.26 Å². The number of hydrogen-bond donors (Lipinski definition) is 1. The van der Waals surface area contributed by atoms with Gasteiger partial charge in [-0.05, 0) is 46.5 Å². The van der Waals surface area contributed by atoms with Gasteiger partial charge in [0.1, 0.15) is 17.3 Å². The smallest absolute Gasteiger partial charge is 0.141 e. The third kappa shape index (κ3) is 3.29. The normalized spacial score (nSPS) is 10.5. The summed E-state index contributed by atoms with van der Waals surface area (Å²) in [5, 5.41) is 0. The summed E-state index contributed by atoms with van der Waals surface area (Å²) in [6.45, 7) is 0.380. The van der Waals surface area contributed by atoms with E-state index in [9.17, 15) is 4.39 Å². The van der Waals surface area contributed by atoms with E-state index in [1.54, 1.807) is 23.9 Å². The number of benzene rings is 2. The molecule has 19 heavy (non-hydrogen) atoms. The molecule has 0 heterocycles. The SMILES string of the molecule is CSc1cccc(Oc2ccc(Br)c(F)c2)c1CN. The number of hydrogen-bond acceptors (Lipinski definition) is 3. The van der Waals surface area contributed by atoms with Gasteiger partial charge in [0.05, 0.1) is 4.47 Å². The standard InChI is InChI=1S/C14H13BrFNOS/c1-19-14-4-2-3-13(10(14)8-17)18-9-5-6-11(15)12(16)7-9/h2-7H,8,17H2,1H3. The van der Waals surface area contributed by atoms with Gasteiger partial charge in [-0.1, -0.05) is 6.07 Å². The minimum Gasteiger partial charge on any atom is -0.457 e. The van der Waals surface area contributed by atoms with Crippen molar-refractivity contribution in [2.45, 2.75) is 11.4 Å². The Balaban J connectivity index is 2.35. The first-order valence-electron chi connectivity index (χ1n) is 5.64. The molecule has 0 saturated heterocycles. The molecule has 0 radical (unpaired) electrons. The Bertz CT molecular complexity index is 592. The second-order valence-electron chi connectivity index (χ2n) is 3.82. The van der Waals surface area contributed by atoms with Crippen LogP contribution in [0.2, 0.25) is 0 Å². The van der Waals surface area contributed by atoms with Gasteiger partial charge in [-0.3, -0.25) is 0 Å². The van der Waals surface area contributed by atoms with Crippen molar-refractivity contribution in [1.82, 2.24) is 0 Å². The topological polar surface area (TPSA) is 35.2 Å². The molecule has 0 aliphatic heterocycles. The van der Waals surface area contributed by atoms with Crippen molar-refractivity contribution in [3.63, 3.8) is 0 Å². The summed E-state index contributed by atoms with van der Waals surface area (Å²) < 4.78 is 19.6. The van der Waals surface area contributed by atoms with Crippen molar-refractivity contribution in [1.29, 1.82) is 0 Å². The second kappa shape index (κ2) is 6.41. The Hall–Kier alpha value is -1.04. The Morgan fingerprint density at radius 3 is 2.74 bits per heavy atom. The van der Waals surface area contributed by atoms with E-state index >= 15 is 0 Å². The summed E-state index contributed by atoms with van der Waals surface area (Å²) >= 11 is 4.72. The Labute approximate surface area is 124 Å². The lowest BCUT2D eigenvalue weighted by atomic mass is 10.2. The van der Waals surface area contributed by atoms with Crippen LogP contribution in [-0.4, -0.2) is 6.26 Å². The lowest BCUT2D eigenvalue weighted by molar-refractivity contribution is 0.468. The van der Waals surface area contributed by atoms with E-state index in [1.165, 1.54) is 6.07 Å². The highest BCUT2D eigenvalue weighted by Crippen LogP contribution is 2.32. The van der Waals surface area contributed by atoms with E-state index in [2.05, 4.69) is 15.9 Å². The first-order valence-corrected chi connectivity index (χ1v) is 7.66. The minimum absolute atomic E-state index is 0.354. The van der Waals surface area contributed by atoms with Crippen LogP contribution in [0, 0.1) is 5.82 Å². The van der Waals surface area contributed by atoms with Crippen LogP contribution in [-0.2, 0) is 6.54 Å². The fourth-order valence-electron chi connectivity index (χ4n) is 1.70. The number of ether oxygens (including phenoxy) is 1. The molecule has 0 bridgehead atoms. The number of rotatable bonds is 4. The molecular weight excluding hydrogens is 329 g/mol. The Morgan fingerprint density at radius 2 is 2.11 bits per heavy atom. The van der Waals surface area contributed by atoms with Gasteiger partial charge in [-0.25, -0.2) is 4.39 Å². The quantitative estimate of drug-likeness (QED) is 0.828. The molecular formula is C14H13BrFNOS. The molecule has 0 aromatic heterocycles. The summed E-state index contributed by atoms with van der Waals surface area (Å²) in [5.41, 5.74) is 6.69. The van der Waals surface area contributed by atoms with Crippen molar-refractivity contribution in [2.24, 2.45) is 5.73 Å². The molecule has 5 heteroatoms. The molecule has 0 saturated carbocycles. The summed E-state index contributed by atoms with van der Waals surface area (Å²) in [6, 6.07) is 10.4. The lowest BCUT2D eigenvalue weighted by Gasteiger charge is -2.13. The summed E-state index contributed by atoms with van der Waals surface area (Å²) in [6.07, 6.45) is 1.98. The molecule has 0 unspecified atom stereocenters. The van der Waals surface area contributed by atoms with Crippen LogP contribution in [0.3, 0.4) is 0 Å². The van der Waals surface area contributed by atoms with Crippen molar-refractivity contribution in [3.8, 4) is 11.5 Å². The maximum absolute atomic E-state index is 13.5. The lowest BCUT2D eigenvalue weighted by Crippen LogP contribution is -2.01. The Kier molecular flexibility index (Phi) is 4.85. The third-order valence-electron chi connectivity index (χ3n) is 2.63. The van der Waals surface area contributed by atoms with Gasteiger partial charge in [0.15, 0.2) is 0 Å². The van der Waals surface area contributed by atoms with Gasteiger partial charge >= 0.3 is 0 Å². The van der Waals surface area contributed by atoms with E-state index in [0.717, 1.165) is 10.5 Å². The molecule has 0 amide bonds. The van der Waals surface area contributed by atoms with E-state index in [4.69, 9.17) is 10.5 Å². The molecule has 100 valence electrons. The van der Waals surface area contributed by atoms with Crippen LogP contribution < -0.4 is 10.5 Å². The van der Waals surface area contributed by atoms with E-state index in [1.807, 2.05) is 24.5 Å². The molecule has 2 nitrogen and oxygen atoms in total. The van der Waals surface area contributed by atoms with Crippen molar-refractivity contribution in [3.05, 3.63) is 52.3 Å². The van der Waals surface area contributed by atoms with Gasteiger partial charge in [0.25, 0.3) is 0 Å². The zero-order valence-corrected chi connectivity index (χ0v) is 12.7. The van der Waals surface area contributed by atoms with Gasteiger partial charge in [0, 0.05) is 23.1 Å². The van der Waals surface area contributed by atoms with Crippen LogP contribution in [0.1, 0.15) is 5.56 Å². The molecule has 0 atom stereocenters. The fourth-order valence-corrected chi connectivity index (χ4v) is 2.59. The van der Waals surface area contributed by atoms with Crippen LogP contribution in [0.4, 0.5) is 4.39 Å². The largest absolute Gasteiger partial charge is 0.457 e. The highest BCUT2D eigenvalue weighted by molar-refractivity contribution is 9.10. The molecule has 0 fully saturated rings. The van der Waals surface area contributed by atoms with Crippen LogP contribution >= 0.6 is 27.7 Å². The minimum atomic E-state index is -0.354. The number of halogens is 2. The van der Waals surface area contributed by atoms with Gasteiger partial charge in [-0.15, -0.1) is 11.8 Å². The number of nitrogens with two attached hydrogens (primary N) is 1. The summed E-state index contributed by atoms with van der Waals surface area (Å²) in [4.78, 5) is 1.07. The highest BCUT2D eigenvalue weighted by atomic mass is 79.9. The maximum atomic E-state index is 13.5. The Morgan fingerprint density at radius 1 is 1.32 bits per heavy atom. The van der Waals surface area contributed by atoms with Gasteiger partial charge in [0.2, 0.25) is 0 Å². The third-order valence-corrected chi connectivity index (χ3v) is 4.10. The molecule has 0 spiro atoms. The first-order chi connectivity index (χ1) is 9.15. The van der Waals surface area contributed by atoms with E-state index in [0.29, 0.717) is 22.5 Å². The zero-order valence-electron chi connectivity index (χ0n) is 10.3. The van der Waals surface area contributed by atoms with Crippen LogP contribution in [0.25, 0.3) is 0 Å². The maximum Gasteiger partial charge on any atom is 0.141 e. The summed E-state index contributed by atoms with van der Waals surface area (Å²) in [7, 11) is 0. The fraction of sp³-hybridized carbons (Fsp3) is 0.143. The molecule has 2 aromatic carbocycles. The average molecular weight is 342 g/mol. The summed E-state index contributed by atoms with van der Waals surface area (Å²) in [5.74, 6) is 0.762. The molecule has 2 rings (SSSR count). The van der Waals surface area contributed by atoms with Crippen LogP contribution in [0.5, 0.6) is 11.5 Å². The zero-order chi connectivity index (χ0) is 13.8. The van der Waals surface area contributed by atoms with E-state index in [-0.39, 0.29) is 5.82 Å². The van der Waals surface area contributed by atoms with Crippen molar-refractivity contribution < 1.29 is 9.13 Å². The predicted molar refractivity (Wildman–Crippen MR) is 80.3 cm³/mol. The number of thioether (sulfide) groups is 1. The van der Waals surface area contributed by atoms with Crippen LogP contribution in [0.15, 0.2) is 45.8 Å². The molecule has 2 N–H and O–H groups in total. The monoisotopic (exact) mass is 341 g/mol. The highest BCUT2D eigenvalue weighted by Gasteiger charge is 2.09. The van der Waals surface area contributed by atoms with E-state index < -0.39 is 0 Å². The van der Waals surface area contributed by atoms with Gasteiger partial charge in [-0.2, -0.15) is 0 Å². The predicted octanol–water partition coefficient (Wildman–Crippen LogP) is 4.56.